The summed E-state index contributed by atoms with van der Waals surface area (Å²) in [6.07, 6.45) is 2.80. The topological polar surface area (TPSA) is 91.6 Å². The van der Waals surface area contributed by atoms with Gasteiger partial charge in [-0.05, 0) is 49.1 Å². The van der Waals surface area contributed by atoms with Gasteiger partial charge in [0.1, 0.15) is 0 Å². The molecule has 3 heterocycles. The third-order valence-electron chi connectivity index (χ3n) is 6.84. The minimum Gasteiger partial charge on any atom is -0.348 e. The molecule has 36 heavy (non-hydrogen) atoms. The molecule has 4 aromatic rings. The van der Waals surface area contributed by atoms with Crippen LogP contribution in [0.5, 0.6) is 0 Å². The van der Waals surface area contributed by atoms with Crippen LogP contribution in [0.15, 0.2) is 72.8 Å². The summed E-state index contributed by atoms with van der Waals surface area (Å²) in [4.78, 5) is 31.8. The third kappa shape index (κ3) is 4.85. The van der Waals surface area contributed by atoms with Crippen LogP contribution in [0.1, 0.15) is 35.2 Å². The van der Waals surface area contributed by atoms with Gasteiger partial charge in [0.05, 0.1) is 5.69 Å². The standard InChI is InChI=1S/C28H28N6O2/c35-26(29-23-15-16-33(18-23)17-19-5-2-1-3-6-19)21-11-9-20(10-12-21)24-7-4-8-25-30-28(32-34(24)25)31-27(36)22-13-14-22/h1-12,22-23H,13-18H2,(H,29,35)(H,31,32,36)/t23-/m1/s1. The molecule has 0 unspecified atom stereocenters. The van der Waals surface area contributed by atoms with Gasteiger partial charge >= 0.3 is 0 Å². The van der Waals surface area contributed by atoms with E-state index in [-0.39, 0.29) is 23.8 Å². The fraction of sp³-hybridized carbons (Fsp3) is 0.286. The quantitative estimate of drug-likeness (QED) is 0.420. The second kappa shape index (κ2) is 9.54. The maximum atomic E-state index is 12.9. The van der Waals surface area contributed by atoms with E-state index in [2.05, 4.69) is 49.9 Å². The lowest BCUT2D eigenvalue weighted by atomic mass is 10.1. The number of anilines is 1. The molecule has 0 spiro atoms. The van der Waals surface area contributed by atoms with Crippen molar-refractivity contribution in [1.29, 1.82) is 0 Å². The Kier molecular flexibility index (Phi) is 5.95. The molecular formula is C28H28N6O2. The number of aromatic nitrogens is 3. The molecule has 2 aliphatic rings. The number of rotatable bonds is 7. The van der Waals surface area contributed by atoms with Crippen LogP contribution in [0, 0.1) is 5.92 Å². The van der Waals surface area contributed by atoms with Gasteiger partial charge in [-0.1, -0.05) is 48.5 Å². The zero-order valence-corrected chi connectivity index (χ0v) is 19.9. The van der Waals surface area contributed by atoms with Crippen molar-refractivity contribution >= 4 is 23.4 Å². The van der Waals surface area contributed by atoms with E-state index in [9.17, 15) is 9.59 Å². The summed E-state index contributed by atoms with van der Waals surface area (Å²) in [5, 5.41) is 10.5. The number of pyridine rings is 1. The van der Waals surface area contributed by atoms with Gasteiger partial charge in [0.25, 0.3) is 5.91 Å². The molecular weight excluding hydrogens is 452 g/mol. The molecule has 8 heteroatoms. The summed E-state index contributed by atoms with van der Waals surface area (Å²) in [5.41, 5.74) is 4.33. The van der Waals surface area contributed by atoms with Crippen molar-refractivity contribution < 1.29 is 9.59 Å². The molecule has 1 aliphatic carbocycles. The first-order chi connectivity index (χ1) is 17.6. The molecule has 1 atom stereocenters. The van der Waals surface area contributed by atoms with Crippen LogP contribution in [-0.4, -0.2) is 50.4 Å². The van der Waals surface area contributed by atoms with E-state index in [0.717, 1.165) is 50.2 Å². The second-order valence-electron chi connectivity index (χ2n) is 9.64. The molecule has 2 aromatic heterocycles. The van der Waals surface area contributed by atoms with Gasteiger partial charge in [-0.3, -0.25) is 19.8 Å². The van der Waals surface area contributed by atoms with Gasteiger partial charge < -0.3 is 5.32 Å². The van der Waals surface area contributed by atoms with Crippen molar-refractivity contribution in [2.75, 3.05) is 18.4 Å². The maximum Gasteiger partial charge on any atom is 0.251 e. The number of hydrogen-bond acceptors (Lipinski definition) is 5. The minimum absolute atomic E-state index is 0.0201. The van der Waals surface area contributed by atoms with Gasteiger partial charge in [-0.25, -0.2) is 4.52 Å². The average molecular weight is 481 g/mol. The Morgan fingerprint density at radius 2 is 1.72 bits per heavy atom. The van der Waals surface area contributed by atoms with Crippen molar-refractivity contribution in [3.8, 4) is 11.3 Å². The molecule has 1 aliphatic heterocycles. The predicted octanol–water partition coefficient (Wildman–Crippen LogP) is 3.75. The fourth-order valence-electron chi connectivity index (χ4n) is 4.73. The molecule has 1 saturated heterocycles. The lowest BCUT2D eigenvalue weighted by Crippen LogP contribution is -2.36. The van der Waals surface area contributed by atoms with Crippen molar-refractivity contribution in [3.05, 3.63) is 83.9 Å². The monoisotopic (exact) mass is 480 g/mol. The molecule has 2 fully saturated rings. The van der Waals surface area contributed by atoms with Crippen LogP contribution >= 0.6 is 0 Å². The largest absolute Gasteiger partial charge is 0.348 e. The zero-order valence-electron chi connectivity index (χ0n) is 19.9. The van der Waals surface area contributed by atoms with E-state index in [1.165, 1.54) is 5.56 Å². The Balaban J connectivity index is 1.11. The highest BCUT2D eigenvalue weighted by Crippen LogP contribution is 2.30. The Morgan fingerprint density at radius 3 is 2.50 bits per heavy atom. The smallest absolute Gasteiger partial charge is 0.251 e. The molecule has 2 aromatic carbocycles. The fourth-order valence-corrected chi connectivity index (χ4v) is 4.73. The molecule has 1 saturated carbocycles. The summed E-state index contributed by atoms with van der Waals surface area (Å²) in [6.45, 7) is 2.73. The Hall–Kier alpha value is -4.04. The van der Waals surface area contributed by atoms with Crippen molar-refractivity contribution in [1.82, 2.24) is 24.8 Å². The number of likely N-dealkylation sites (tertiary alicyclic amines) is 1. The van der Waals surface area contributed by atoms with Crippen molar-refractivity contribution in [2.45, 2.75) is 31.8 Å². The van der Waals surface area contributed by atoms with Crippen LogP contribution in [0.4, 0.5) is 5.95 Å². The molecule has 8 nitrogen and oxygen atoms in total. The van der Waals surface area contributed by atoms with Crippen LogP contribution < -0.4 is 10.6 Å². The highest BCUT2D eigenvalue weighted by Gasteiger charge is 2.30. The van der Waals surface area contributed by atoms with E-state index in [1.54, 1.807) is 4.52 Å². The number of amides is 2. The van der Waals surface area contributed by atoms with Crippen LogP contribution in [0.2, 0.25) is 0 Å². The minimum atomic E-state index is -0.0582. The summed E-state index contributed by atoms with van der Waals surface area (Å²) in [6, 6.07) is 23.8. The zero-order chi connectivity index (χ0) is 24.5. The number of benzene rings is 2. The van der Waals surface area contributed by atoms with Crippen molar-refractivity contribution in [2.24, 2.45) is 5.92 Å². The lowest BCUT2D eigenvalue weighted by molar-refractivity contribution is -0.117. The number of hydrogen-bond donors (Lipinski definition) is 2. The summed E-state index contributed by atoms with van der Waals surface area (Å²) < 4.78 is 1.72. The summed E-state index contributed by atoms with van der Waals surface area (Å²) in [7, 11) is 0. The third-order valence-corrected chi connectivity index (χ3v) is 6.84. The molecule has 0 bridgehead atoms. The SMILES string of the molecule is O=C(N[C@@H]1CCN(Cc2ccccc2)C1)c1ccc(-c2cccc3nc(NC(=O)C4CC4)nn23)cc1. The lowest BCUT2D eigenvalue weighted by Gasteiger charge is -2.17. The van der Waals surface area contributed by atoms with Crippen LogP contribution in [-0.2, 0) is 11.3 Å². The number of carbonyl (C=O) groups excluding carboxylic acids is 2. The first-order valence-electron chi connectivity index (χ1n) is 12.5. The van der Waals surface area contributed by atoms with Crippen LogP contribution in [0.25, 0.3) is 16.9 Å². The Bertz CT molecular complexity index is 1390. The Labute approximate surface area is 209 Å². The van der Waals surface area contributed by atoms with Crippen LogP contribution in [0.3, 0.4) is 0 Å². The average Bonchev–Trinajstić information content (AvgIpc) is 3.54. The molecule has 6 rings (SSSR count). The van der Waals surface area contributed by atoms with Gasteiger partial charge in [0, 0.05) is 42.7 Å². The highest BCUT2D eigenvalue weighted by atomic mass is 16.2. The van der Waals surface area contributed by atoms with Crippen molar-refractivity contribution in [3.63, 3.8) is 0 Å². The van der Waals surface area contributed by atoms with Gasteiger partial charge in [0.15, 0.2) is 5.65 Å². The highest BCUT2D eigenvalue weighted by molar-refractivity contribution is 5.95. The molecule has 182 valence electrons. The molecule has 2 N–H and O–H groups in total. The maximum absolute atomic E-state index is 12.9. The number of nitrogens with zero attached hydrogens (tertiary/aromatic N) is 4. The predicted molar refractivity (Wildman–Crippen MR) is 137 cm³/mol. The number of fused-ring (bicyclic) bond motifs is 1. The van der Waals surface area contributed by atoms with Gasteiger partial charge in [-0.2, -0.15) is 4.98 Å². The normalized spacial score (nSPS) is 17.8. The molecule has 0 radical (unpaired) electrons. The van der Waals surface area contributed by atoms with E-state index in [1.807, 2.05) is 48.5 Å². The first-order valence-corrected chi connectivity index (χ1v) is 12.5. The Morgan fingerprint density at radius 1 is 0.917 bits per heavy atom. The van der Waals surface area contributed by atoms with Gasteiger partial charge in [-0.15, -0.1) is 5.10 Å². The number of nitrogens with one attached hydrogen (secondary N) is 2. The molecule has 2 amide bonds. The summed E-state index contributed by atoms with van der Waals surface area (Å²) in [5.74, 6) is 0.324. The van der Waals surface area contributed by atoms with Gasteiger partial charge in [0.2, 0.25) is 11.9 Å². The summed E-state index contributed by atoms with van der Waals surface area (Å²) >= 11 is 0. The van der Waals surface area contributed by atoms with E-state index in [0.29, 0.717) is 17.2 Å². The first kappa shape index (κ1) is 22.4. The van der Waals surface area contributed by atoms with E-state index >= 15 is 0 Å². The van der Waals surface area contributed by atoms with E-state index < -0.39 is 0 Å². The number of carbonyl (C=O) groups is 2. The van der Waals surface area contributed by atoms with E-state index in [4.69, 9.17) is 0 Å². The second-order valence-corrected chi connectivity index (χ2v) is 9.64.